The largest absolute Gasteiger partial charge is 0.293 e. The van der Waals surface area contributed by atoms with Gasteiger partial charge in [0, 0.05) is 11.8 Å². The topological polar surface area (TPSA) is 42.9 Å². The van der Waals surface area contributed by atoms with Gasteiger partial charge in [-0.1, -0.05) is 73.0 Å². The predicted octanol–water partition coefficient (Wildman–Crippen LogP) is 6.21. The molecule has 0 saturated carbocycles. The van der Waals surface area contributed by atoms with E-state index in [1.165, 1.54) is 40.3 Å². The second kappa shape index (κ2) is 9.62. The minimum atomic E-state index is -0.845. The highest BCUT2D eigenvalue weighted by molar-refractivity contribution is 8.03. The third-order valence-corrected chi connectivity index (χ3v) is 7.22. The first-order chi connectivity index (χ1) is 13.4. The summed E-state index contributed by atoms with van der Waals surface area (Å²) >= 11 is 4.20. The average Bonchev–Trinajstić information content (AvgIpc) is 3.12. The molecule has 0 radical (unpaired) electrons. The highest BCUT2D eigenvalue weighted by atomic mass is 32.2. The van der Waals surface area contributed by atoms with Gasteiger partial charge in [0.15, 0.2) is 14.5 Å². The molecule has 3 nitrogen and oxygen atoms in total. The molecule has 0 unspecified atom stereocenters. The van der Waals surface area contributed by atoms with Gasteiger partial charge in [-0.05, 0) is 29.2 Å². The molecule has 0 amide bonds. The van der Waals surface area contributed by atoms with E-state index in [9.17, 15) is 13.6 Å². The van der Waals surface area contributed by atoms with Crippen molar-refractivity contribution in [3.63, 3.8) is 0 Å². The first kappa shape index (κ1) is 21.0. The molecule has 1 aromatic heterocycles. The lowest BCUT2D eigenvalue weighted by molar-refractivity contribution is 0.101. The number of Topliss-reactive ketones (excluding diaryl/α,β-unsaturated/α-hetero) is 1. The quantitative estimate of drug-likeness (QED) is 0.310. The monoisotopic (exact) mass is 436 g/mol. The third-order valence-electron chi connectivity index (χ3n) is 3.95. The smallest absolute Gasteiger partial charge is 0.176 e. The molecule has 3 rings (SSSR count). The van der Waals surface area contributed by atoms with Crippen molar-refractivity contribution in [2.75, 3.05) is 5.75 Å². The van der Waals surface area contributed by atoms with Crippen LogP contribution in [0.1, 0.15) is 41.3 Å². The molecule has 0 aliphatic heterocycles. The van der Waals surface area contributed by atoms with Gasteiger partial charge in [0.2, 0.25) is 0 Å². The lowest BCUT2D eigenvalue weighted by atomic mass is 10.0. The fourth-order valence-electron chi connectivity index (χ4n) is 2.38. The summed E-state index contributed by atoms with van der Waals surface area (Å²) in [5, 5.41) is 8.21. The van der Waals surface area contributed by atoms with Crippen molar-refractivity contribution in [1.29, 1.82) is 0 Å². The molecule has 1 heterocycles. The van der Waals surface area contributed by atoms with Crippen LogP contribution in [0.15, 0.2) is 51.1 Å². The number of carbonyl (C=O) groups excluding carboxylic acids is 1. The summed E-state index contributed by atoms with van der Waals surface area (Å²) in [4.78, 5) is 12.1. The minimum absolute atomic E-state index is 0.0263. The van der Waals surface area contributed by atoms with Crippen LogP contribution >= 0.6 is 34.9 Å². The van der Waals surface area contributed by atoms with Crippen molar-refractivity contribution < 1.29 is 13.6 Å². The summed E-state index contributed by atoms with van der Waals surface area (Å²) in [6, 6.07) is 11.5. The zero-order valence-corrected chi connectivity index (χ0v) is 17.8. The Bertz CT molecular complexity index is 958. The molecule has 0 aliphatic rings. The second-order valence-corrected chi connectivity index (χ2v) is 9.78. The Morgan fingerprint density at radius 2 is 1.71 bits per heavy atom. The van der Waals surface area contributed by atoms with Crippen molar-refractivity contribution in [2.45, 2.75) is 34.2 Å². The van der Waals surface area contributed by atoms with Crippen LogP contribution in [0.2, 0.25) is 0 Å². The summed E-state index contributed by atoms with van der Waals surface area (Å²) in [5.74, 6) is -0.628. The SMILES string of the molecule is CC(C)c1ccc(CSc2nnc(SCC(=O)c3ccc(F)cc3F)s2)cc1. The molecule has 0 bridgehead atoms. The van der Waals surface area contributed by atoms with Crippen LogP contribution in [0.5, 0.6) is 0 Å². The van der Waals surface area contributed by atoms with Crippen LogP contribution in [0.4, 0.5) is 8.78 Å². The summed E-state index contributed by atoms with van der Waals surface area (Å²) in [6.45, 7) is 4.33. The fourth-order valence-corrected chi connectivity index (χ4v) is 5.24. The van der Waals surface area contributed by atoms with Gasteiger partial charge >= 0.3 is 0 Å². The summed E-state index contributed by atoms with van der Waals surface area (Å²) in [6.07, 6.45) is 0. The van der Waals surface area contributed by atoms with Crippen LogP contribution in [-0.4, -0.2) is 21.7 Å². The molecule has 0 saturated heterocycles. The number of ketones is 1. The molecule has 0 N–H and O–H groups in total. The van der Waals surface area contributed by atoms with Gasteiger partial charge in [-0.25, -0.2) is 8.78 Å². The minimum Gasteiger partial charge on any atom is -0.293 e. The van der Waals surface area contributed by atoms with E-state index in [0.717, 1.165) is 16.2 Å². The second-order valence-electron chi connectivity index (χ2n) is 6.35. The van der Waals surface area contributed by atoms with Crippen LogP contribution < -0.4 is 0 Å². The van der Waals surface area contributed by atoms with Gasteiger partial charge in [-0.3, -0.25) is 4.79 Å². The average molecular weight is 437 g/mol. The Kier molecular flexibility index (Phi) is 7.20. The van der Waals surface area contributed by atoms with Gasteiger partial charge in [0.25, 0.3) is 0 Å². The van der Waals surface area contributed by atoms with E-state index in [-0.39, 0.29) is 11.3 Å². The number of hydrogen-bond donors (Lipinski definition) is 0. The normalized spacial score (nSPS) is 11.2. The molecule has 28 heavy (non-hydrogen) atoms. The number of carbonyl (C=O) groups is 1. The third kappa shape index (κ3) is 5.62. The Hall–Kier alpha value is -1.77. The van der Waals surface area contributed by atoms with E-state index < -0.39 is 17.4 Å². The molecule has 0 atom stereocenters. The maximum Gasteiger partial charge on any atom is 0.176 e. The Balaban J connectivity index is 1.52. The fraction of sp³-hybridized carbons (Fsp3) is 0.250. The van der Waals surface area contributed by atoms with Crippen molar-refractivity contribution in [2.24, 2.45) is 0 Å². The van der Waals surface area contributed by atoms with Crippen molar-refractivity contribution in [3.05, 3.63) is 70.8 Å². The highest BCUT2D eigenvalue weighted by Crippen LogP contribution is 2.31. The highest BCUT2D eigenvalue weighted by Gasteiger charge is 2.14. The molecule has 2 aromatic carbocycles. The van der Waals surface area contributed by atoms with Crippen LogP contribution in [0.25, 0.3) is 0 Å². The van der Waals surface area contributed by atoms with E-state index in [1.807, 2.05) is 0 Å². The Morgan fingerprint density at radius 3 is 2.36 bits per heavy atom. The Labute approximate surface area is 175 Å². The van der Waals surface area contributed by atoms with Gasteiger partial charge in [-0.15, -0.1) is 10.2 Å². The lowest BCUT2D eigenvalue weighted by Crippen LogP contribution is -2.05. The van der Waals surface area contributed by atoms with E-state index in [2.05, 4.69) is 48.3 Å². The van der Waals surface area contributed by atoms with Crippen molar-refractivity contribution in [1.82, 2.24) is 10.2 Å². The number of halogens is 2. The molecule has 146 valence electrons. The molecule has 0 spiro atoms. The summed E-state index contributed by atoms with van der Waals surface area (Å²) < 4.78 is 28.1. The summed E-state index contributed by atoms with van der Waals surface area (Å²) in [5.41, 5.74) is 2.41. The van der Waals surface area contributed by atoms with Crippen LogP contribution in [0.3, 0.4) is 0 Å². The maximum absolute atomic E-state index is 13.7. The van der Waals surface area contributed by atoms with Gasteiger partial charge < -0.3 is 0 Å². The standard InChI is InChI=1S/C20H18F2N2OS3/c1-12(2)14-5-3-13(4-6-14)10-26-19-23-24-20(28-19)27-11-18(25)16-8-7-15(21)9-17(16)22/h3-9,12H,10-11H2,1-2H3. The zero-order chi connectivity index (χ0) is 20.1. The molecule has 0 aliphatic carbocycles. The number of hydrogen-bond acceptors (Lipinski definition) is 6. The molecule has 8 heteroatoms. The van der Waals surface area contributed by atoms with Crippen LogP contribution in [-0.2, 0) is 5.75 Å². The van der Waals surface area contributed by atoms with Crippen molar-refractivity contribution >= 4 is 40.6 Å². The Morgan fingerprint density at radius 1 is 1.04 bits per heavy atom. The number of thioether (sulfide) groups is 2. The molecule has 3 aromatic rings. The maximum atomic E-state index is 13.7. The van der Waals surface area contributed by atoms with Crippen molar-refractivity contribution in [3.8, 4) is 0 Å². The molecule has 0 fully saturated rings. The van der Waals surface area contributed by atoms with Gasteiger partial charge in [0.05, 0.1) is 11.3 Å². The number of aromatic nitrogens is 2. The van der Waals surface area contributed by atoms with E-state index >= 15 is 0 Å². The first-order valence-electron chi connectivity index (χ1n) is 8.58. The van der Waals surface area contributed by atoms with E-state index in [4.69, 9.17) is 0 Å². The molecular formula is C20H18F2N2OS3. The van der Waals surface area contributed by atoms with Gasteiger partial charge in [0.1, 0.15) is 11.6 Å². The zero-order valence-electron chi connectivity index (χ0n) is 15.3. The predicted molar refractivity (Wildman–Crippen MR) is 111 cm³/mol. The first-order valence-corrected chi connectivity index (χ1v) is 11.4. The summed E-state index contributed by atoms with van der Waals surface area (Å²) in [7, 11) is 0. The molecular weight excluding hydrogens is 418 g/mol. The number of rotatable bonds is 8. The number of benzene rings is 2. The van der Waals surface area contributed by atoms with Gasteiger partial charge in [-0.2, -0.15) is 0 Å². The van der Waals surface area contributed by atoms with E-state index in [0.29, 0.717) is 16.3 Å². The number of nitrogens with zero attached hydrogens (tertiary/aromatic N) is 2. The van der Waals surface area contributed by atoms with Crippen LogP contribution in [0, 0.1) is 11.6 Å². The van der Waals surface area contributed by atoms with E-state index in [1.54, 1.807) is 11.8 Å². The lowest BCUT2D eigenvalue weighted by Gasteiger charge is -2.05.